The fraction of sp³-hybridized carbons (Fsp3) is 0.844. The van der Waals surface area contributed by atoms with E-state index in [1.165, 1.54) is 6.92 Å². The summed E-state index contributed by atoms with van der Waals surface area (Å²) in [6.45, 7) is 16.4. The number of ketones is 1. The van der Waals surface area contributed by atoms with Crippen LogP contribution in [0, 0.1) is 23.2 Å². The number of aliphatic hydroxyl groups excluding tert-OH is 1. The second kappa shape index (κ2) is 14.1. The van der Waals surface area contributed by atoms with Gasteiger partial charge in [0.05, 0.1) is 37.1 Å². The van der Waals surface area contributed by atoms with Gasteiger partial charge in [-0.3, -0.25) is 9.59 Å². The maximum absolute atomic E-state index is 14.0. The number of aliphatic hydroxyl groups is 2. The van der Waals surface area contributed by atoms with Crippen LogP contribution in [0.1, 0.15) is 74.1 Å². The van der Waals surface area contributed by atoms with Gasteiger partial charge in [-0.1, -0.05) is 27.4 Å². The van der Waals surface area contributed by atoms with Crippen molar-refractivity contribution in [2.45, 2.75) is 128 Å². The monoisotopic (exact) mass is 610 g/mol. The van der Waals surface area contributed by atoms with E-state index >= 15 is 0 Å². The first-order valence-corrected chi connectivity index (χ1v) is 15.5. The Morgan fingerprint density at radius 2 is 1.79 bits per heavy atom. The Bertz CT molecular complexity index is 1030. The number of ether oxygens (including phenoxy) is 5. The molecular weight excluding hydrogens is 556 g/mol. The maximum atomic E-state index is 14.0. The molecule has 43 heavy (non-hydrogen) atoms. The van der Waals surface area contributed by atoms with E-state index in [2.05, 4.69) is 6.58 Å². The molecule has 11 nitrogen and oxygen atoms in total. The summed E-state index contributed by atoms with van der Waals surface area (Å²) in [6.07, 6.45) is -3.90. The summed E-state index contributed by atoms with van der Waals surface area (Å²) in [6, 6.07) is -0.242. The Hall–Kier alpha value is -1.73. The van der Waals surface area contributed by atoms with Crippen molar-refractivity contribution < 1.29 is 43.5 Å². The molecule has 0 spiro atoms. The Labute approximate surface area is 256 Å². The summed E-state index contributed by atoms with van der Waals surface area (Å²) in [5.41, 5.74) is -1.92. The molecule has 3 heterocycles. The second-order valence-electron chi connectivity index (χ2n) is 13.6. The van der Waals surface area contributed by atoms with Crippen molar-refractivity contribution in [2.75, 3.05) is 27.3 Å². The first-order chi connectivity index (χ1) is 19.9. The molecule has 12 atom stereocenters. The third-order valence-electron chi connectivity index (χ3n) is 9.58. The lowest BCUT2D eigenvalue weighted by Gasteiger charge is -2.47. The van der Waals surface area contributed by atoms with Gasteiger partial charge in [-0.2, -0.15) is 0 Å². The van der Waals surface area contributed by atoms with Gasteiger partial charge in [0.1, 0.15) is 23.7 Å². The smallest absolute Gasteiger partial charge is 0.316 e. The summed E-state index contributed by atoms with van der Waals surface area (Å²) in [5, 5.41) is 32.0. The number of esters is 1. The van der Waals surface area contributed by atoms with E-state index in [0.29, 0.717) is 17.7 Å². The van der Waals surface area contributed by atoms with E-state index in [-0.39, 0.29) is 50.5 Å². The first kappa shape index (κ1) is 35.7. The third kappa shape index (κ3) is 7.92. The number of rotatable bonds is 4. The van der Waals surface area contributed by atoms with Crippen molar-refractivity contribution in [2.24, 2.45) is 17.8 Å². The molecule has 0 saturated carbocycles. The molecule has 3 N–H and O–H groups in total. The minimum Gasteiger partial charge on any atom is -0.459 e. The molecular formula is C32H54N2O9. The minimum atomic E-state index is -1.65. The molecule has 0 aromatic rings. The lowest BCUT2D eigenvalue weighted by molar-refractivity contribution is -0.296. The van der Waals surface area contributed by atoms with E-state index in [1.54, 1.807) is 20.8 Å². The van der Waals surface area contributed by atoms with Crippen molar-refractivity contribution in [1.29, 1.82) is 5.41 Å². The molecule has 0 radical (unpaired) electrons. The zero-order chi connectivity index (χ0) is 32.4. The van der Waals surface area contributed by atoms with Crippen LogP contribution < -0.4 is 0 Å². The number of nitrogens with one attached hydrogen (secondary N) is 1. The molecule has 0 aromatic heterocycles. The molecule has 0 unspecified atom stereocenters. The highest BCUT2D eigenvalue weighted by atomic mass is 16.7. The normalized spacial score (nSPS) is 44.4. The zero-order valence-corrected chi connectivity index (χ0v) is 27.4. The average molecular weight is 611 g/mol. The van der Waals surface area contributed by atoms with Crippen LogP contribution >= 0.6 is 0 Å². The number of carbonyl (C=O) groups is 2. The van der Waals surface area contributed by atoms with E-state index < -0.39 is 65.5 Å². The summed E-state index contributed by atoms with van der Waals surface area (Å²) < 4.78 is 31.2. The number of carbonyl (C=O) groups excluding carboxylic acids is 2. The number of nitrogens with zero attached hydrogens (tertiary/aromatic N) is 1. The first-order valence-electron chi connectivity index (χ1n) is 15.5. The van der Waals surface area contributed by atoms with Crippen LogP contribution in [0.5, 0.6) is 0 Å². The number of hydrogen-bond acceptors (Lipinski definition) is 11. The van der Waals surface area contributed by atoms with Gasteiger partial charge in [0.25, 0.3) is 0 Å². The minimum absolute atomic E-state index is 0.0474. The van der Waals surface area contributed by atoms with Crippen molar-refractivity contribution in [3.63, 3.8) is 0 Å². The lowest BCUT2D eigenvalue weighted by Crippen LogP contribution is -2.59. The highest BCUT2D eigenvalue weighted by molar-refractivity contribution is 6.00. The zero-order valence-electron chi connectivity index (χ0n) is 27.4. The van der Waals surface area contributed by atoms with Gasteiger partial charge in [-0.05, 0) is 72.5 Å². The van der Waals surface area contributed by atoms with Gasteiger partial charge in [-0.15, -0.1) is 0 Å². The molecule has 3 rings (SSSR count). The molecule has 3 saturated heterocycles. The Balaban J connectivity index is 2.16. The van der Waals surface area contributed by atoms with Crippen LogP contribution in [-0.2, 0) is 33.3 Å². The van der Waals surface area contributed by atoms with Crippen molar-refractivity contribution in [3.8, 4) is 0 Å². The SMILES string of the molecule is C=C1CO[C@@H]2CC(=N)[C@H](C)C[C@@](C)(OC1)[C@H](O[C@@H]1O[C@H](C)C[C@H](N(C)C)[C@H]1O)[C@@H](C)C(=O)[C@@H](C)C(=O)O[C@H](CC)[C@@]2(C)O. The van der Waals surface area contributed by atoms with Crippen LogP contribution in [0.4, 0.5) is 0 Å². The number of cyclic esters (lactones) is 1. The van der Waals surface area contributed by atoms with Crippen LogP contribution in [0.15, 0.2) is 12.2 Å². The van der Waals surface area contributed by atoms with Gasteiger partial charge >= 0.3 is 5.97 Å². The van der Waals surface area contributed by atoms with Crippen LogP contribution in [0.2, 0.25) is 0 Å². The van der Waals surface area contributed by atoms with Crippen LogP contribution in [0.25, 0.3) is 0 Å². The molecule has 0 aromatic carbocycles. The van der Waals surface area contributed by atoms with Gasteiger partial charge < -0.3 is 44.2 Å². The van der Waals surface area contributed by atoms with Gasteiger partial charge in [0, 0.05) is 24.1 Å². The lowest BCUT2D eigenvalue weighted by atomic mass is 9.76. The standard InChI is InChI=1S/C32H54N2O9/c1-11-24-32(8,38)25-13-22(33)18(3)14-31(7,40-16-17(2)15-39-25)28(20(5)26(35)21(6)29(37)42-24)43-30-27(36)23(34(9)10)12-19(4)41-30/h18-21,23-25,27-28,30,33,36,38H,2,11-16H2,1,3-10H3/t18-,19-,20+,21-,23+,24-,25-,27-,28-,30+,31-,32-/m1/s1. The van der Waals surface area contributed by atoms with Gasteiger partial charge in [0.15, 0.2) is 12.1 Å². The Morgan fingerprint density at radius 1 is 1.14 bits per heavy atom. The number of likely N-dealkylation sites (N-methyl/N-ethyl adjacent to an activating group) is 1. The highest BCUT2D eigenvalue weighted by Gasteiger charge is 2.51. The predicted molar refractivity (Wildman–Crippen MR) is 161 cm³/mol. The van der Waals surface area contributed by atoms with E-state index in [9.17, 15) is 19.8 Å². The third-order valence-corrected chi connectivity index (χ3v) is 9.58. The quantitative estimate of drug-likeness (QED) is 0.247. The largest absolute Gasteiger partial charge is 0.459 e. The average Bonchev–Trinajstić information content (AvgIpc) is 2.95. The molecule has 3 aliphatic rings. The summed E-state index contributed by atoms with van der Waals surface area (Å²) in [7, 11) is 3.77. The number of Topliss-reactive ketones (excluding diaryl/α,β-unsaturated/α-hetero) is 1. The summed E-state index contributed by atoms with van der Waals surface area (Å²) in [5.74, 6) is -3.62. The van der Waals surface area contributed by atoms with Crippen LogP contribution in [-0.4, -0.2) is 114 Å². The van der Waals surface area contributed by atoms with E-state index in [0.717, 1.165) is 0 Å². The second-order valence-corrected chi connectivity index (χ2v) is 13.6. The molecule has 2 bridgehead atoms. The van der Waals surface area contributed by atoms with Crippen molar-refractivity contribution in [1.82, 2.24) is 4.90 Å². The van der Waals surface area contributed by atoms with E-state index in [4.69, 9.17) is 29.1 Å². The van der Waals surface area contributed by atoms with Gasteiger partial charge in [0.2, 0.25) is 0 Å². The molecule has 0 amide bonds. The molecule has 3 aliphatic heterocycles. The Kier molecular flexibility index (Phi) is 11.8. The number of hydrogen-bond donors (Lipinski definition) is 3. The fourth-order valence-corrected chi connectivity index (χ4v) is 6.67. The van der Waals surface area contributed by atoms with Crippen molar-refractivity contribution >= 4 is 17.5 Å². The maximum Gasteiger partial charge on any atom is 0.316 e. The topological polar surface area (TPSA) is 148 Å². The summed E-state index contributed by atoms with van der Waals surface area (Å²) >= 11 is 0. The molecule has 11 heteroatoms. The van der Waals surface area contributed by atoms with Gasteiger partial charge in [-0.25, -0.2) is 0 Å². The highest BCUT2D eigenvalue weighted by Crippen LogP contribution is 2.39. The Morgan fingerprint density at radius 3 is 2.40 bits per heavy atom. The molecule has 246 valence electrons. The summed E-state index contributed by atoms with van der Waals surface area (Å²) in [4.78, 5) is 29.3. The fourth-order valence-electron chi connectivity index (χ4n) is 6.67. The molecule has 0 aliphatic carbocycles. The molecule has 3 fully saturated rings. The van der Waals surface area contributed by atoms with Crippen LogP contribution in [0.3, 0.4) is 0 Å². The number of fused-ring (bicyclic) bond motifs is 5. The predicted octanol–water partition coefficient (Wildman–Crippen LogP) is 2.89. The van der Waals surface area contributed by atoms with Crippen molar-refractivity contribution in [3.05, 3.63) is 12.2 Å². The van der Waals surface area contributed by atoms with E-state index in [1.807, 2.05) is 39.8 Å².